The van der Waals surface area contributed by atoms with Crippen LogP contribution in [0.25, 0.3) is 0 Å². The van der Waals surface area contributed by atoms with Crippen LogP contribution in [-0.4, -0.2) is 30.5 Å². The van der Waals surface area contributed by atoms with Gasteiger partial charge in [0.25, 0.3) is 0 Å². The maximum Gasteiger partial charge on any atom is 0.329 e. The van der Waals surface area contributed by atoms with Gasteiger partial charge >= 0.3 is 11.8 Å². The molecule has 0 heterocycles. The highest BCUT2D eigenvalue weighted by Gasteiger charge is 2.13. The second kappa shape index (κ2) is 8.97. The minimum atomic E-state index is -0.936. The Kier molecular flexibility index (Phi) is 6.44. The Balaban J connectivity index is 1.93. The first kappa shape index (κ1) is 18.7. The molecule has 26 heavy (non-hydrogen) atoms. The van der Waals surface area contributed by atoms with Crippen molar-refractivity contribution in [2.75, 3.05) is 11.9 Å². The molecule has 134 valence electrons. The summed E-state index contributed by atoms with van der Waals surface area (Å²) in [6.45, 7) is 2.35. The van der Waals surface area contributed by atoms with Crippen molar-refractivity contribution in [2.24, 2.45) is 10.8 Å². The molecule has 0 radical (unpaired) electrons. The lowest BCUT2D eigenvalue weighted by Gasteiger charge is -2.06. The molecule has 0 atom stereocenters. The number of rotatable bonds is 6. The van der Waals surface area contributed by atoms with Crippen molar-refractivity contribution in [3.05, 3.63) is 59.7 Å². The standard InChI is InChI=1S/C18H18N4O4/c1-2-26-15-6-4-3-5-13(15)11-20-22-18(25)17(24)21-14-9-7-12(8-10-14)16(19)23/h3-11H,2H2,1H3,(H2,19,23)(H,21,24)(H,22,25)/b20-11+. The van der Waals surface area contributed by atoms with Crippen LogP contribution in [0.2, 0.25) is 0 Å². The average Bonchev–Trinajstić information content (AvgIpc) is 2.63. The van der Waals surface area contributed by atoms with E-state index in [-0.39, 0.29) is 0 Å². The highest BCUT2D eigenvalue weighted by molar-refractivity contribution is 6.39. The third-order valence-corrected chi connectivity index (χ3v) is 3.22. The number of nitrogens with one attached hydrogen (secondary N) is 2. The third kappa shape index (κ3) is 5.17. The summed E-state index contributed by atoms with van der Waals surface area (Å²) in [5.74, 6) is -1.80. The molecule has 0 spiro atoms. The van der Waals surface area contributed by atoms with Crippen molar-refractivity contribution in [1.29, 1.82) is 0 Å². The van der Waals surface area contributed by atoms with Crippen molar-refractivity contribution in [3.8, 4) is 5.75 Å². The molecular formula is C18H18N4O4. The van der Waals surface area contributed by atoms with Crippen LogP contribution < -0.4 is 21.2 Å². The summed E-state index contributed by atoms with van der Waals surface area (Å²) in [5.41, 5.74) is 8.58. The van der Waals surface area contributed by atoms with Crippen molar-refractivity contribution in [3.63, 3.8) is 0 Å². The number of hydrogen-bond donors (Lipinski definition) is 3. The Morgan fingerprint density at radius 2 is 1.77 bits per heavy atom. The van der Waals surface area contributed by atoms with E-state index in [1.807, 2.05) is 13.0 Å². The molecular weight excluding hydrogens is 336 g/mol. The quantitative estimate of drug-likeness (QED) is 0.411. The van der Waals surface area contributed by atoms with Crippen LogP contribution >= 0.6 is 0 Å². The average molecular weight is 354 g/mol. The molecule has 8 heteroatoms. The zero-order valence-electron chi connectivity index (χ0n) is 14.1. The van der Waals surface area contributed by atoms with Crippen LogP contribution in [0.4, 0.5) is 5.69 Å². The van der Waals surface area contributed by atoms with Gasteiger partial charge in [0, 0.05) is 16.8 Å². The van der Waals surface area contributed by atoms with Gasteiger partial charge in [0.05, 0.1) is 12.8 Å². The lowest BCUT2D eigenvalue weighted by molar-refractivity contribution is -0.136. The summed E-state index contributed by atoms with van der Waals surface area (Å²) in [4.78, 5) is 34.6. The molecule has 0 unspecified atom stereocenters. The first-order valence-electron chi connectivity index (χ1n) is 7.77. The largest absolute Gasteiger partial charge is 0.493 e. The van der Waals surface area contributed by atoms with Gasteiger partial charge in [0.15, 0.2) is 0 Å². The van der Waals surface area contributed by atoms with Gasteiger partial charge in [0.2, 0.25) is 5.91 Å². The van der Waals surface area contributed by atoms with Gasteiger partial charge < -0.3 is 15.8 Å². The van der Waals surface area contributed by atoms with Crippen LogP contribution in [0.15, 0.2) is 53.6 Å². The summed E-state index contributed by atoms with van der Waals surface area (Å²) in [5, 5.41) is 6.14. The van der Waals surface area contributed by atoms with Crippen LogP contribution in [0, 0.1) is 0 Å². The van der Waals surface area contributed by atoms with E-state index in [9.17, 15) is 14.4 Å². The van der Waals surface area contributed by atoms with Gasteiger partial charge in [-0.3, -0.25) is 14.4 Å². The lowest BCUT2D eigenvalue weighted by Crippen LogP contribution is -2.32. The normalized spacial score (nSPS) is 10.3. The number of anilines is 1. The molecule has 0 aliphatic carbocycles. The number of carbonyl (C=O) groups is 3. The van der Waals surface area contributed by atoms with Gasteiger partial charge in [-0.2, -0.15) is 5.10 Å². The number of hydrazone groups is 1. The van der Waals surface area contributed by atoms with E-state index in [0.29, 0.717) is 29.2 Å². The van der Waals surface area contributed by atoms with Crippen molar-refractivity contribution in [1.82, 2.24) is 5.43 Å². The number of amides is 3. The second-order valence-electron chi connectivity index (χ2n) is 5.07. The molecule has 2 rings (SSSR count). The van der Waals surface area contributed by atoms with E-state index in [2.05, 4.69) is 15.8 Å². The molecule has 8 nitrogen and oxygen atoms in total. The smallest absolute Gasteiger partial charge is 0.329 e. The van der Waals surface area contributed by atoms with Crippen LogP contribution in [0.3, 0.4) is 0 Å². The Morgan fingerprint density at radius 3 is 2.42 bits per heavy atom. The summed E-state index contributed by atoms with van der Waals surface area (Å²) < 4.78 is 5.43. The zero-order valence-corrected chi connectivity index (χ0v) is 14.1. The van der Waals surface area contributed by atoms with E-state index in [0.717, 1.165) is 0 Å². The Morgan fingerprint density at radius 1 is 1.08 bits per heavy atom. The molecule has 0 aliphatic heterocycles. The molecule has 2 aromatic rings. The number of nitrogens with zero attached hydrogens (tertiary/aromatic N) is 1. The minimum Gasteiger partial charge on any atom is -0.493 e. The van der Waals surface area contributed by atoms with Crippen LogP contribution in [-0.2, 0) is 9.59 Å². The monoisotopic (exact) mass is 354 g/mol. The fraction of sp³-hybridized carbons (Fsp3) is 0.111. The van der Waals surface area contributed by atoms with E-state index in [4.69, 9.17) is 10.5 Å². The van der Waals surface area contributed by atoms with Gasteiger partial charge in [0.1, 0.15) is 5.75 Å². The summed E-state index contributed by atoms with van der Waals surface area (Å²) in [7, 11) is 0. The molecule has 0 saturated carbocycles. The SMILES string of the molecule is CCOc1ccccc1/C=N/NC(=O)C(=O)Nc1ccc(C(N)=O)cc1. The predicted molar refractivity (Wildman–Crippen MR) is 96.9 cm³/mol. The molecule has 0 aliphatic rings. The van der Waals surface area contributed by atoms with Gasteiger partial charge in [-0.1, -0.05) is 12.1 Å². The Labute approximate surface area is 150 Å². The highest BCUT2D eigenvalue weighted by Crippen LogP contribution is 2.15. The number of nitrogens with two attached hydrogens (primary N) is 1. The number of hydrogen-bond acceptors (Lipinski definition) is 5. The first-order chi connectivity index (χ1) is 12.5. The molecule has 0 fully saturated rings. The molecule has 2 aromatic carbocycles. The molecule has 4 N–H and O–H groups in total. The predicted octanol–water partition coefficient (Wildman–Crippen LogP) is 1.27. The van der Waals surface area contributed by atoms with E-state index in [1.165, 1.54) is 30.5 Å². The number of para-hydroxylation sites is 1. The molecule has 0 saturated heterocycles. The molecule has 3 amide bonds. The van der Waals surface area contributed by atoms with Gasteiger partial charge in [-0.05, 0) is 43.3 Å². The van der Waals surface area contributed by atoms with E-state index < -0.39 is 17.7 Å². The summed E-state index contributed by atoms with van der Waals surface area (Å²) >= 11 is 0. The highest BCUT2D eigenvalue weighted by atomic mass is 16.5. The molecule has 0 bridgehead atoms. The van der Waals surface area contributed by atoms with E-state index >= 15 is 0 Å². The fourth-order valence-electron chi connectivity index (χ4n) is 1.99. The lowest BCUT2D eigenvalue weighted by atomic mass is 10.2. The van der Waals surface area contributed by atoms with Gasteiger partial charge in [-0.25, -0.2) is 5.43 Å². The van der Waals surface area contributed by atoms with Crippen molar-refractivity contribution >= 4 is 29.6 Å². The van der Waals surface area contributed by atoms with E-state index in [1.54, 1.807) is 18.2 Å². The summed E-state index contributed by atoms with van der Waals surface area (Å²) in [6.07, 6.45) is 1.39. The Hall–Kier alpha value is -3.68. The maximum absolute atomic E-state index is 11.8. The zero-order chi connectivity index (χ0) is 18.9. The topological polar surface area (TPSA) is 123 Å². The minimum absolute atomic E-state index is 0.296. The maximum atomic E-state index is 11.8. The van der Waals surface area contributed by atoms with Crippen molar-refractivity contribution < 1.29 is 19.1 Å². The number of benzene rings is 2. The third-order valence-electron chi connectivity index (χ3n) is 3.22. The number of carbonyl (C=O) groups excluding carboxylic acids is 3. The number of ether oxygens (including phenoxy) is 1. The number of primary amides is 1. The second-order valence-corrected chi connectivity index (χ2v) is 5.07. The molecule has 0 aromatic heterocycles. The summed E-state index contributed by atoms with van der Waals surface area (Å²) in [6, 6.07) is 13.0. The Bertz CT molecular complexity index is 831. The van der Waals surface area contributed by atoms with Crippen molar-refractivity contribution in [2.45, 2.75) is 6.92 Å². The first-order valence-corrected chi connectivity index (χ1v) is 7.77. The van der Waals surface area contributed by atoms with Crippen LogP contribution in [0.5, 0.6) is 5.75 Å². The van der Waals surface area contributed by atoms with Gasteiger partial charge in [-0.15, -0.1) is 0 Å². The fourth-order valence-corrected chi connectivity index (χ4v) is 1.99. The van der Waals surface area contributed by atoms with Crippen LogP contribution in [0.1, 0.15) is 22.8 Å².